The predicted octanol–water partition coefficient (Wildman–Crippen LogP) is 2.60. The van der Waals surface area contributed by atoms with E-state index in [1.165, 1.54) is 48.5 Å². The molecule has 1 amide bonds. The smallest absolute Gasteiger partial charge is 0.270 e. The van der Waals surface area contributed by atoms with Crippen LogP contribution in [0.15, 0.2) is 65.5 Å². The van der Waals surface area contributed by atoms with Crippen LogP contribution in [0.2, 0.25) is 0 Å². The zero-order valence-electron chi connectivity index (χ0n) is 13.8. The van der Waals surface area contributed by atoms with Crippen molar-refractivity contribution in [2.24, 2.45) is 0 Å². The molecule has 0 aliphatic carbocycles. The Hall–Kier alpha value is -3.88. The number of halogens is 1. The molecule has 0 unspecified atom stereocenters. The van der Waals surface area contributed by atoms with Gasteiger partial charge in [-0.1, -0.05) is 18.2 Å². The number of nitrogens with one attached hydrogen (secondary N) is 1. The number of nitro groups is 1. The van der Waals surface area contributed by atoms with E-state index in [4.69, 9.17) is 0 Å². The average molecular weight is 368 g/mol. The molecule has 1 N–H and O–H groups in total. The summed E-state index contributed by atoms with van der Waals surface area (Å²) in [4.78, 5) is 34.4. The molecule has 27 heavy (non-hydrogen) atoms. The van der Waals surface area contributed by atoms with E-state index >= 15 is 0 Å². The van der Waals surface area contributed by atoms with Crippen LogP contribution in [0.1, 0.15) is 0 Å². The van der Waals surface area contributed by atoms with Gasteiger partial charge in [-0.25, -0.2) is 9.07 Å². The molecule has 0 fully saturated rings. The molecule has 8 nitrogen and oxygen atoms in total. The zero-order valence-corrected chi connectivity index (χ0v) is 13.8. The van der Waals surface area contributed by atoms with Gasteiger partial charge in [0.15, 0.2) is 0 Å². The molecule has 1 aromatic heterocycles. The highest BCUT2D eigenvalue weighted by molar-refractivity contribution is 5.90. The fourth-order valence-corrected chi connectivity index (χ4v) is 2.40. The molecule has 136 valence electrons. The Morgan fingerprint density at radius 1 is 1.15 bits per heavy atom. The lowest BCUT2D eigenvalue weighted by molar-refractivity contribution is -0.384. The summed E-state index contributed by atoms with van der Waals surface area (Å²) < 4.78 is 14.1. The molecular formula is C18H13FN4O4. The first-order valence-electron chi connectivity index (χ1n) is 7.81. The van der Waals surface area contributed by atoms with Gasteiger partial charge >= 0.3 is 0 Å². The molecule has 0 bridgehead atoms. The maximum absolute atomic E-state index is 13.2. The van der Waals surface area contributed by atoms with Crippen molar-refractivity contribution in [1.29, 1.82) is 0 Å². The second kappa shape index (κ2) is 7.56. The second-order valence-electron chi connectivity index (χ2n) is 5.58. The van der Waals surface area contributed by atoms with Crippen LogP contribution >= 0.6 is 0 Å². The van der Waals surface area contributed by atoms with E-state index in [1.54, 1.807) is 6.07 Å². The molecule has 0 spiro atoms. The van der Waals surface area contributed by atoms with Crippen LogP contribution in [0.25, 0.3) is 11.3 Å². The van der Waals surface area contributed by atoms with Crippen molar-refractivity contribution in [2.75, 3.05) is 5.32 Å². The summed E-state index contributed by atoms with van der Waals surface area (Å²) in [5.74, 6) is -1.07. The van der Waals surface area contributed by atoms with Crippen LogP contribution in [-0.2, 0) is 11.3 Å². The van der Waals surface area contributed by atoms with Gasteiger partial charge in [0.1, 0.15) is 12.4 Å². The first-order chi connectivity index (χ1) is 12.9. The van der Waals surface area contributed by atoms with Crippen LogP contribution in [0.4, 0.5) is 15.8 Å². The molecule has 0 radical (unpaired) electrons. The molecule has 1 heterocycles. The minimum Gasteiger partial charge on any atom is -0.324 e. The lowest BCUT2D eigenvalue weighted by Gasteiger charge is -2.08. The standard InChI is InChI=1S/C18H13FN4O4/c19-13-4-2-5-14(10-13)20-17(24)11-22-18(25)8-7-16(21-22)12-3-1-6-15(9-12)23(26)27/h1-10H,11H2,(H,20,24). The van der Waals surface area contributed by atoms with Crippen LogP contribution < -0.4 is 10.9 Å². The minimum absolute atomic E-state index is 0.115. The molecule has 2 aromatic carbocycles. The number of nitro benzene ring substituents is 1. The van der Waals surface area contributed by atoms with Gasteiger partial charge < -0.3 is 5.32 Å². The first kappa shape index (κ1) is 17.9. The van der Waals surface area contributed by atoms with Crippen LogP contribution in [0.3, 0.4) is 0 Å². The Morgan fingerprint density at radius 2 is 1.93 bits per heavy atom. The Bertz CT molecular complexity index is 1080. The quantitative estimate of drug-likeness (QED) is 0.550. The van der Waals surface area contributed by atoms with Crippen molar-refractivity contribution in [2.45, 2.75) is 6.54 Å². The third-order valence-electron chi connectivity index (χ3n) is 3.62. The van der Waals surface area contributed by atoms with E-state index in [9.17, 15) is 24.1 Å². The summed E-state index contributed by atoms with van der Waals surface area (Å²) in [6.45, 7) is -0.391. The van der Waals surface area contributed by atoms with Crippen molar-refractivity contribution < 1.29 is 14.1 Å². The molecule has 3 rings (SSSR count). The summed E-state index contributed by atoms with van der Waals surface area (Å²) in [6.07, 6.45) is 0. The van der Waals surface area contributed by atoms with Crippen molar-refractivity contribution in [1.82, 2.24) is 9.78 Å². The van der Waals surface area contributed by atoms with Gasteiger partial charge in [0, 0.05) is 29.4 Å². The largest absolute Gasteiger partial charge is 0.324 e. The minimum atomic E-state index is -0.564. The number of non-ortho nitro benzene ring substituents is 1. The van der Waals surface area contributed by atoms with Crippen LogP contribution in [0, 0.1) is 15.9 Å². The van der Waals surface area contributed by atoms with Crippen molar-refractivity contribution >= 4 is 17.3 Å². The van der Waals surface area contributed by atoms with Crippen molar-refractivity contribution in [3.05, 3.63) is 86.9 Å². The lowest BCUT2D eigenvalue weighted by atomic mass is 10.1. The lowest BCUT2D eigenvalue weighted by Crippen LogP contribution is -2.29. The topological polar surface area (TPSA) is 107 Å². The highest BCUT2D eigenvalue weighted by Crippen LogP contribution is 2.21. The summed E-state index contributed by atoms with van der Waals surface area (Å²) in [6, 6.07) is 13.8. The van der Waals surface area contributed by atoms with E-state index in [1.807, 2.05) is 0 Å². The Kier molecular flexibility index (Phi) is 5.02. The molecule has 0 saturated carbocycles. The molecule has 9 heteroatoms. The van der Waals surface area contributed by atoms with Crippen molar-refractivity contribution in [3.63, 3.8) is 0 Å². The summed E-state index contributed by atoms with van der Waals surface area (Å²) in [7, 11) is 0. The number of benzene rings is 2. The molecule has 3 aromatic rings. The summed E-state index contributed by atoms with van der Waals surface area (Å²) >= 11 is 0. The van der Waals surface area contributed by atoms with Crippen LogP contribution in [-0.4, -0.2) is 20.6 Å². The van der Waals surface area contributed by atoms with E-state index < -0.39 is 28.8 Å². The highest BCUT2D eigenvalue weighted by atomic mass is 19.1. The third kappa shape index (κ3) is 4.40. The molecular weight excluding hydrogens is 355 g/mol. The molecule has 0 aliphatic rings. The number of nitrogens with zero attached hydrogens (tertiary/aromatic N) is 3. The number of aromatic nitrogens is 2. The number of hydrogen-bond donors (Lipinski definition) is 1. The highest BCUT2D eigenvalue weighted by Gasteiger charge is 2.11. The van der Waals surface area contributed by atoms with Gasteiger partial charge in [-0.3, -0.25) is 19.7 Å². The Morgan fingerprint density at radius 3 is 2.67 bits per heavy atom. The molecule has 0 aliphatic heterocycles. The number of hydrogen-bond acceptors (Lipinski definition) is 5. The number of rotatable bonds is 5. The fraction of sp³-hybridized carbons (Fsp3) is 0.0556. The van der Waals surface area contributed by atoms with Gasteiger partial charge in [0.2, 0.25) is 5.91 Å². The predicted molar refractivity (Wildman–Crippen MR) is 95.6 cm³/mol. The van der Waals surface area contributed by atoms with Gasteiger partial charge in [-0.2, -0.15) is 5.10 Å². The molecule has 0 saturated heterocycles. The van der Waals surface area contributed by atoms with Gasteiger partial charge in [-0.15, -0.1) is 0 Å². The van der Waals surface area contributed by atoms with E-state index in [0.717, 1.165) is 10.7 Å². The zero-order chi connectivity index (χ0) is 19.4. The van der Waals surface area contributed by atoms with Crippen molar-refractivity contribution in [3.8, 4) is 11.3 Å². The van der Waals surface area contributed by atoms with Gasteiger partial charge in [0.25, 0.3) is 11.2 Å². The monoisotopic (exact) mass is 368 g/mol. The fourth-order valence-electron chi connectivity index (χ4n) is 2.40. The van der Waals surface area contributed by atoms with E-state index in [0.29, 0.717) is 11.3 Å². The van der Waals surface area contributed by atoms with Gasteiger partial charge in [-0.05, 0) is 24.3 Å². The maximum atomic E-state index is 13.2. The van der Waals surface area contributed by atoms with E-state index in [2.05, 4.69) is 10.4 Å². The van der Waals surface area contributed by atoms with Crippen LogP contribution in [0.5, 0.6) is 0 Å². The maximum Gasteiger partial charge on any atom is 0.270 e. The Balaban J connectivity index is 1.83. The third-order valence-corrected chi connectivity index (χ3v) is 3.62. The first-order valence-corrected chi connectivity index (χ1v) is 7.81. The van der Waals surface area contributed by atoms with Gasteiger partial charge in [0.05, 0.1) is 10.6 Å². The Labute approximate surface area is 152 Å². The summed E-state index contributed by atoms with van der Waals surface area (Å²) in [5, 5.41) is 17.5. The normalized spacial score (nSPS) is 10.4. The number of carbonyl (C=O) groups is 1. The average Bonchev–Trinajstić information content (AvgIpc) is 2.63. The number of carbonyl (C=O) groups excluding carboxylic acids is 1. The SMILES string of the molecule is O=C(Cn1nc(-c2cccc([N+](=O)[O-])c2)ccc1=O)Nc1cccc(F)c1. The second-order valence-corrected chi connectivity index (χ2v) is 5.58. The summed E-state index contributed by atoms with van der Waals surface area (Å²) in [5.41, 5.74) is 0.359. The number of anilines is 1. The van der Waals surface area contributed by atoms with E-state index in [-0.39, 0.29) is 11.4 Å². The molecule has 0 atom stereocenters. The number of amides is 1.